The number of anilines is 2. The van der Waals surface area contributed by atoms with Gasteiger partial charge in [-0.25, -0.2) is 4.98 Å². The lowest BCUT2D eigenvalue weighted by Crippen LogP contribution is -2.48. The Labute approximate surface area is 195 Å². The number of carbonyl (C=O) groups excluding carboxylic acids is 3. The molecule has 2 heterocycles. The molecule has 0 radical (unpaired) electrons. The second-order valence-corrected chi connectivity index (χ2v) is 9.23. The van der Waals surface area contributed by atoms with Gasteiger partial charge in [0.1, 0.15) is 11.8 Å². The predicted molar refractivity (Wildman–Crippen MR) is 126 cm³/mol. The molecule has 1 aliphatic heterocycles. The average molecular weight is 462 g/mol. The minimum Gasteiger partial charge on any atom is -0.497 e. The van der Waals surface area contributed by atoms with Crippen LogP contribution in [0.5, 0.6) is 5.75 Å². The van der Waals surface area contributed by atoms with E-state index in [4.69, 9.17) is 4.74 Å². The second kappa shape index (κ2) is 8.44. The highest BCUT2D eigenvalue weighted by Gasteiger charge is 2.50. The minimum atomic E-state index is -0.964. The van der Waals surface area contributed by atoms with E-state index < -0.39 is 11.9 Å². The van der Waals surface area contributed by atoms with E-state index in [2.05, 4.69) is 4.98 Å². The largest absolute Gasteiger partial charge is 0.497 e. The Hall–Kier alpha value is -3.52. The Bertz CT molecular complexity index is 1220. The molecule has 1 saturated heterocycles. The molecule has 5 rings (SSSR count). The fraction of sp³-hybridized carbons (Fsp3) is 0.280. The number of allylic oxidation sites excluding steroid dienone is 2. The lowest BCUT2D eigenvalue weighted by atomic mass is 9.85. The summed E-state index contributed by atoms with van der Waals surface area (Å²) in [7, 11) is 1.56. The highest BCUT2D eigenvalue weighted by Crippen LogP contribution is 2.39. The molecular weight excluding hydrogens is 438 g/mol. The molecule has 7 nitrogen and oxygen atoms in total. The van der Waals surface area contributed by atoms with Crippen LogP contribution in [0.2, 0.25) is 0 Å². The van der Waals surface area contributed by atoms with Crippen LogP contribution in [0, 0.1) is 11.8 Å². The number of methoxy groups -OCH3 is 1. The molecule has 33 heavy (non-hydrogen) atoms. The fourth-order valence-electron chi connectivity index (χ4n) is 4.54. The Morgan fingerprint density at radius 2 is 1.79 bits per heavy atom. The van der Waals surface area contributed by atoms with Crippen molar-refractivity contribution in [1.29, 1.82) is 0 Å². The van der Waals surface area contributed by atoms with Crippen LogP contribution in [-0.4, -0.2) is 40.8 Å². The summed E-state index contributed by atoms with van der Waals surface area (Å²) in [4.78, 5) is 47.4. The van der Waals surface area contributed by atoms with E-state index in [1.165, 1.54) is 16.2 Å². The Kier molecular flexibility index (Phi) is 5.46. The van der Waals surface area contributed by atoms with Crippen molar-refractivity contribution in [1.82, 2.24) is 9.88 Å². The summed E-state index contributed by atoms with van der Waals surface area (Å²) in [5.74, 6) is -1.12. The zero-order valence-corrected chi connectivity index (χ0v) is 19.1. The van der Waals surface area contributed by atoms with Crippen LogP contribution in [0.15, 0.2) is 60.7 Å². The molecular formula is C25H23N3O4S. The van der Waals surface area contributed by atoms with Crippen LogP contribution in [-0.2, 0) is 14.4 Å². The molecule has 0 spiro atoms. The van der Waals surface area contributed by atoms with Crippen molar-refractivity contribution in [3.05, 3.63) is 60.7 Å². The fourth-order valence-corrected chi connectivity index (χ4v) is 5.53. The number of rotatable bonds is 5. The van der Waals surface area contributed by atoms with E-state index in [1.54, 1.807) is 38.3 Å². The van der Waals surface area contributed by atoms with Crippen LogP contribution >= 0.6 is 11.3 Å². The van der Waals surface area contributed by atoms with Gasteiger partial charge in [-0.2, -0.15) is 0 Å². The first kappa shape index (κ1) is 21.3. The molecule has 168 valence electrons. The quantitative estimate of drug-likeness (QED) is 0.418. The first-order chi connectivity index (χ1) is 16.0. The molecule has 2 aliphatic rings. The number of thiazole rings is 1. The summed E-state index contributed by atoms with van der Waals surface area (Å²) in [6.07, 6.45) is 4.94. The summed E-state index contributed by atoms with van der Waals surface area (Å²) >= 11 is 1.38. The number of imide groups is 1. The normalized spacial score (nSPS) is 20.7. The Morgan fingerprint density at radius 3 is 2.45 bits per heavy atom. The van der Waals surface area contributed by atoms with Crippen molar-refractivity contribution in [3.63, 3.8) is 0 Å². The van der Waals surface area contributed by atoms with Gasteiger partial charge in [0.15, 0.2) is 5.13 Å². The number of amides is 3. The zero-order chi connectivity index (χ0) is 23.1. The summed E-state index contributed by atoms with van der Waals surface area (Å²) in [6, 6.07) is 13.8. The highest BCUT2D eigenvalue weighted by molar-refractivity contribution is 7.22. The van der Waals surface area contributed by atoms with Crippen molar-refractivity contribution >= 4 is 50.1 Å². The van der Waals surface area contributed by atoms with E-state index in [1.807, 2.05) is 36.4 Å². The third-order valence-electron chi connectivity index (χ3n) is 6.29. The van der Waals surface area contributed by atoms with E-state index in [0.717, 1.165) is 15.1 Å². The number of carbonyl (C=O) groups is 3. The van der Waals surface area contributed by atoms with Gasteiger partial charge in [0.2, 0.25) is 11.8 Å². The zero-order valence-electron chi connectivity index (χ0n) is 18.3. The van der Waals surface area contributed by atoms with Gasteiger partial charge in [0.05, 0.1) is 34.8 Å². The van der Waals surface area contributed by atoms with Gasteiger partial charge in [-0.15, -0.1) is 0 Å². The second-order valence-electron chi connectivity index (χ2n) is 8.22. The first-order valence-electron chi connectivity index (χ1n) is 10.8. The number of likely N-dealkylation sites (tertiary alicyclic amines) is 1. The number of para-hydroxylation sites is 1. The van der Waals surface area contributed by atoms with Crippen LogP contribution < -0.4 is 9.64 Å². The topological polar surface area (TPSA) is 79.8 Å². The molecule has 2 aromatic carbocycles. The lowest BCUT2D eigenvalue weighted by molar-refractivity contribution is -0.146. The smallest absolute Gasteiger partial charge is 0.256 e. The summed E-state index contributed by atoms with van der Waals surface area (Å²) in [6.45, 7) is 1.61. The Morgan fingerprint density at radius 1 is 1.09 bits per heavy atom. The number of hydrogen-bond donors (Lipinski definition) is 0. The molecule has 1 fully saturated rings. The summed E-state index contributed by atoms with van der Waals surface area (Å²) in [5, 5.41) is 0.472. The van der Waals surface area contributed by atoms with Crippen LogP contribution in [0.4, 0.5) is 10.8 Å². The maximum absolute atomic E-state index is 13.9. The molecule has 0 N–H and O–H groups in total. The van der Waals surface area contributed by atoms with Crippen LogP contribution in [0.3, 0.4) is 0 Å². The van der Waals surface area contributed by atoms with E-state index in [0.29, 0.717) is 29.4 Å². The van der Waals surface area contributed by atoms with Gasteiger partial charge < -0.3 is 4.74 Å². The third kappa shape index (κ3) is 3.60. The van der Waals surface area contributed by atoms with Gasteiger partial charge in [0.25, 0.3) is 5.91 Å². The van der Waals surface area contributed by atoms with Gasteiger partial charge in [-0.1, -0.05) is 41.7 Å². The van der Waals surface area contributed by atoms with Crippen LogP contribution in [0.25, 0.3) is 10.2 Å². The molecule has 3 amide bonds. The van der Waals surface area contributed by atoms with E-state index in [9.17, 15) is 14.4 Å². The molecule has 8 heteroatoms. The van der Waals surface area contributed by atoms with Gasteiger partial charge in [-0.05, 0) is 44.0 Å². The standard InChI is InChI=1S/C25H23N3O4S/c1-15(27-23(30)18-10-3-4-11-19(18)24(27)31)22(29)28(16-8-7-9-17(14-16)32-2)25-26-20-12-5-6-13-21(20)33-25/h3-9,12-15,18-19H,10-11H2,1-2H3. The van der Waals surface area contributed by atoms with Gasteiger partial charge >= 0.3 is 0 Å². The van der Waals surface area contributed by atoms with E-state index >= 15 is 0 Å². The maximum Gasteiger partial charge on any atom is 0.256 e. The van der Waals surface area contributed by atoms with Gasteiger partial charge in [-0.3, -0.25) is 24.2 Å². The predicted octanol–water partition coefficient (Wildman–Crippen LogP) is 4.31. The Balaban J connectivity index is 1.55. The molecule has 3 aromatic rings. The third-order valence-corrected chi connectivity index (χ3v) is 7.31. The number of aromatic nitrogens is 1. The molecule has 1 aromatic heterocycles. The summed E-state index contributed by atoms with van der Waals surface area (Å²) in [5.41, 5.74) is 1.33. The SMILES string of the molecule is COc1cccc(N(C(=O)C(C)N2C(=O)C3CC=CCC3C2=O)c2nc3ccccc3s2)c1. The van der Waals surface area contributed by atoms with Crippen molar-refractivity contribution in [3.8, 4) is 5.75 Å². The van der Waals surface area contributed by atoms with Crippen LogP contribution in [0.1, 0.15) is 19.8 Å². The molecule has 3 atom stereocenters. The van der Waals surface area contributed by atoms with Gasteiger partial charge in [0, 0.05) is 6.07 Å². The van der Waals surface area contributed by atoms with Crippen molar-refractivity contribution in [2.24, 2.45) is 11.8 Å². The maximum atomic E-state index is 13.9. The van der Waals surface area contributed by atoms with E-state index in [-0.39, 0.29) is 23.7 Å². The van der Waals surface area contributed by atoms with Crippen molar-refractivity contribution in [2.75, 3.05) is 12.0 Å². The lowest BCUT2D eigenvalue weighted by Gasteiger charge is -2.28. The average Bonchev–Trinajstić information content (AvgIpc) is 3.37. The molecule has 0 bridgehead atoms. The molecule has 3 unspecified atom stereocenters. The molecule has 0 saturated carbocycles. The van der Waals surface area contributed by atoms with Crippen molar-refractivity contribution in [2.45, 2.75) is 25.8 Å². The highest BCUT2D eigenvalue weighted by atomic mass is 32.1. The number of fused-ring (bicyclic) bond motifs is 2. The number of ether oxygens (including phenoxy) is 1. The number of nitrogens with zero attached hydrogens (tertiary/aromatic N) is 3. The first-order valence-corrected chi connectivity index (χ1v) is 11.7. The number of benzene rings is 2. The van der Waals surface area contributed by atoms with Crippen molar-refractivity contribution < 1.29 is 19.1 Å². The summed E-state index contributed by atoms with van der Waals surface area (Å²) < 4.78 is 6.29. The molecule has 1 aliphatic carbocycles. The minimum absolute atomic E-state index is 0.273. The monoisotopic (exact) mass is 461 g/mol. The number of hydrogen-bond acceptors (Lipinski definition) is 6.